The molecule has 0 radical (unpaired) electrons. The molecule has 0 fully saturated rings. The second-order valence-electron chi connectivity index (χ2n) is 10.0. The Kier molecular flexibility index (Phi) is 8.89. The molecule has 0 aliphatic carbocycles. The number of nitrogens with one attached hydrogen (secondary N) is 2. The number of anilines is 2. The zero-order chi connectivity index (χ0) is 30.5. The van der Waals surface area contributed by atoms with Crippen LogP contribution in [0.4, 0.5) is 10.8 Å². The van der Waals surface area contributed by atoms with E-state index in [-0.39, 0.29) is 5.91 Å². The summed E-state index contributed by atoms with van der Waals surface area (Å²) in [6, 6.07) is 32.9. The molecule has 6 nitrogen and oxygen atoms in total. The van der Waals surface area contributed by atoms with Crippen LogP contribution in [-0.2, 0) is 6.61 Å². The van der Waals surface area contributed by atoms with E-state index >= 15 is 0 Å². The number of fused-ring (bicyclic) bond motifs is 1. The first-order chi connectivity index (χ1) is 21.4. The maximum atomic E-state index is 12.7. The fraction of sp³-hybridized carbons (Fsp3) is 0.0571. The lowest BCUT2D eigenvalue weighted by Crippen LogP contribution is -2.17. The van der Waals surface area contributed by atoms with Crippen molar-refractivity contribution in [2.24, 2.45) is 5.10 Å². The highest BCUT2D eigenvalue weighted by molar-refractivity contribution is 7.14. The molecule has 0 atom stereocenters. The van der Waals surface area contributed by atoms with Gasteiger partial charge in [0, 0.05) is 22.2 Å². The summed E-state index contributed by atoms with van der Waals surface area (Å²) < 4.78 is 6.01. The van der Waals surface area contributed by atoms with Gasteiger partial charge >= 0.3 is 0 Å². The molecule has 2 N–H and O–H groups in total. The Bertz CT molecular complexity index is 1940. The second kappa shape index (κ2) is 13.3. The summed E-state index contributed by atoms with van der Waals surface area (Å²) in [6.07, 6.45) is 1.48. The van der Waals surface area contributed by atoms with Gasteiger partial charge in [-0.2, -0.15) is 5.10 Å². The number of carbonyl (C=O) groups excluding carboxylic acids is 1. The average Bonchev–Trinajstić information content (AvgIpc) is 3.50. The normalized spacial score (nSPS) is 11.2. The summed E-state index contributed by atoms with van der Waals surface area (Å²) in [5.41, 5.74) is 8.58. The van der Waals surface area contributed by atoms with Crippen LogP contribution in [0.1, 0.15) is 27.0 Å². The van der Waals surface area contributed by atoms with Gasteiger partial charge in [0.05, 0.1) is 22.0 Å². The van der Waals surface area contributed by atoms with Crippen LogP contribution in [0.3, 0.4) is 0 Å². The quantitative estimate of drug-likeness (QED) is 0.122. The third-order valence-electron chi connectivity index (χ3n) is 6.90. The molecule has 6 aromatic rings. The minimum atomic E-state index is -0.347. The van der Waals surface area contributed by atoms with Gasteiger partial charge in [0.25, 0.3) is 5.91 Å². The summed E-state index contributed by atoms with van der Waals surface area (Å²) in [7, 11) is 0. The molecule has 5 aromatic carbocycles. The van der Waals surface area contributed by atoms with Gasteiger partial charge in [-0.05, 0) is 65.2 Å². The molecule has 0 spiro atoms. The monoisotopic (exact) mass is 636 g/mol. The molecule has 1 heterocycles. The maximum Gasteiger partial charge on any atom is 0.271 e. The number of hydrazone groups is 1. The topological polar surface area (TPSA) is 75.6 Å². The summed E-state index contributed by atoms with van der Waals surface area (Å²) >= 11 is 14.5. The lowest BCUT2D eigenvalue weighted by Gasteiger charge is -2.12. The first-order valence-electron chi connectivity index (χ1n) is 13.7. The van der Waals surface area contributed by atoms with Gasteiger partial charge in [0.1, 0.15) is 6.61 Å². The maximum absolute atomic E-state index is 12.7. The molecular formula is C35H26Cl2N4O2S. The van der Waals surface area contributed by atoms with E-state index in [0.717, 1.165) is 38.4 Å². The fourth-order valence-electron chi connectivity index (χ4n) is 4.61. The Morgan fingerprint density at radius 1 is 0.932 bits per heavy atom. The van der Waals surface area contributed by atoms with Gasteiger partial charge in [-0.1, -0.05) is 95.5 Å². The van der Waals surface area contributed by atoms with Crippen LogP contribution in [0.15, 0.2) is 114 Å². The number of rotatable bonds is 9. The predicted octanol–water partition coefficient (Wildman–Crippen LogP) is 9.67. The van der Waals surface area contributed by atoms with Gasteiger partial charge in [-0.25, -0.2) is 10.4 Å². The van der Waals surface area contributed by atoms with Crippen LogP contribution in [0.2, 0.25) is 10.0 Å². The number of thiazole rings is 1. The number of carbonyl (C=O) groups is 1. The van der Waals surface area contributed by atoms with E-state index in [2.05, 4.69) is 58.1 Å². The van der Waals surface area contributed by atoms with Crippen LogP contribution in [0.5, 0.6) is 5.75 Å². The lowest BCUT2D eigenvalue weighted by atomic mass is 10.1. The predicted molar refractivity (Wildman–Crippen MR) is 182 cm³/mol. The fourth-order valence-corrected chi connectivity index (χ4v) is 5.96. The molecule has 9 heteroatoms. The zero-order valence-corrected chi connectivity index (χ0v) is 25.9. The summed E-state index contributed by atoms with van der Waals surface area (Å²) in [4.78, 5) is 17.4. The smallest absolute Gasteiger partial charge is 0.271 e. The van der Waals surface area contributed by atoms with E-state index in [0.29, 0.717) is 33.5 Å². The molecule has 0 saturated heterocycles. The Morgan fingerprint density at radius 2 is 1.66 bits per heavy atom. The van der Waals surface area contributed by atoms with Gasteiger partial charge in [0.2, 0.25) is 0 Å². The molecule has 0 aliphatic rings. The molecule has 0 saturated carbocycles. The molecular weight excluding hydrogens is 611 g/mol. The summed E-state index contributed by atoms with van der Waals surface area (Å²) in [5, 5.41) is 13.1. The first kappa shape index (κ1) is 29.4. The molecule has 1 aromatic heterocycles. The summed E-state index contributed by atoms with van der Waals surface area (Å²) in [5.74, 6) is 0.0424. The summed E-state index contributed by atoms with van der Waals surface area (Å²) in [6.45, 7) is 2.37. The molecule has 44 heavy (non-hydrogen) atoms. The second-order valence-corrected chi connectivity index (χ2v) is 11.7. The van der Waals surface area contributed by atoms with Crippen LogP contribution < -0.4 is 15.5 Å². The number of benzene rings is 5. The van der Waals surface area contributed by atoms with Crippen molar-refractivity contribution >= 4 is 68.3 Å². The van der Waals surface area contributed by atoms with E-state index in [1.54, 1.807) is 24.3 Å². The zero-order valence-electron chi connectivity index (χ0n) is 23.6. The largest absolute Gasteiger partial charge is 0.486 e. The van der Waals surface area contributed by atoms with Gasteiger partial charge in [-0.15, -0.1) is 11.3 Å². The number of aryl methyl sites for hydroxylation is 1. The van der Waals surface area contributed by atoms with Crippen molar-refractivity contribution in [2.75, 3.05) is 5.32 Å². The Morgan fingerprint density at radius 3 is 2.43 bits per heavy atom. The number of aromatic nitrogens is 1. The lowest BCUT2D eigenvalue weighted by molar-refractivity contribution is 0.0955. The first-order valence-corrected chi connectivity index (χ1v) is 15.4. The van der Waals surface area contributed by atoms with Crippen molar-refractivity contribution in [3.05, 3.63) is 141 Å². The third kappa shape index (κ3) is 6.92. The van der Waals surface area contributed by atoms with Crippen molar-refractivity contribution in [3.63, 3.8) is 0 Å². The van der Waals surface area contributed by atoms with E-state index in [1.165, 1.54) is 23.1 Å². The number of ether oxygens (including phenoxy) is 1. The highest BCUT2D eigenvalue weighted by Gasteiger charge is 2.12. The molecule has 218 valence electrons. The minimum Gasteiger partial charge on any atom is -0.486 e. The number of amides is 1. The molecule has 0 bridgehead atoms. The number of nitrogens with zero attached hydrogens (tertiary/aromatic N) is 2. The number of hydrogen-bond acceptors (Lipinski definition) is 6. The van der Waals surface area contributed by atoms with E-state index in [1.807, 2.05) is 53.9 Å². The van der Waals surface area contributed by atoms with E-state index in [4.69, 9.17) is 27.9 Å². The van der Waals surface area contributed by atoms with Crippen molar-refractivity contribution in [2.45, 2.75) is 13.5 Å². The van der Waals surface area contributed by atoms with Crippen LogP contribution in [-0.4, -0.2) is 17.1 Å². The molecule has 0 aliphatic heterocycles. The number of hydrogen-bond donors (Lipinski definition) is 2. The van der Waals surface area contributed by atoms with Crippen LogP contribution in [0, 0.1) is 6.92 Å². The van der Waals surface area contributed by atoms with Gasteiger partial charge < -0.3 is 10.1 Å². The molecule has 0 unspecified atom stereocenters. The Labute approximate surface area is 269 Å². The van der Waals surface area contributed by atoms with Crippen molar-refractivity contribution in [1.82, 2.24) is 10.4 Å². The highest BCUT2D eigenvalue weighted by atomic mass is 35.5. The highest BCUT2D eigenvalue weighted by Crippen LogP contribution is 2.35. The standard InChI is InChI=1S/C35H26Cl2N4O2S/c1-22-9-15-28(16-10-22)39-35-40-32(21-44-35)25-11-13-26(14-12-25)34(42)41-38-19-23-17-30(36)33(31(37)18-23)43-20-27-7-4-6-24-5-2-3-8-29(24)27/h2-19,21H,20H2,1H3,(H,39,40)(H,41,42)/b38-19-. The Hall–Kier alpha value is -4.69. The Balaban J connectivity index is 1.05. The van der Waals surface area contributed by atoms with E-state index < -0.39 is 0 Å². The SMILES string of the molecule is Cc1ccc(Nc2nc(-c3ccc(C(=O)N/N=C\c4cc(Cl)c(OCc5cccc6ccccc56)c(Cl)c4)cc3)cs2)cc1. The van der Waals surface area contributed by atoms with Gasteiger partial charge in [0.15, 0.2) is 10.9 Å². The third-order valence-corrected chi connectivity index (χ3v) is 8.22. The average molecular weight is 638 g/mol. The van der Waals surface area contributed by atoms with Crippen molar-refractivity contribution < 1.29 is 9.53 Å². The van der Waals surface area contributed by atoms with Crippen molar-refractivity contribution in [3.8, 4) is 17.0 Å². The van der Waals surface area contributed by atoms with Crippen LogP contribution in [0.25, 0.3) is 22.0 Å². The minimum absolute atomic E-state index is 0.316. The molecule has 1 amide bonds. The molecule has 6 rings (SSSR count). The van der Waals surface area contributed by atoms with Gasteiger partial charge in [-0.3, -0.25) is 4.79 Å². The van der Waals surface area contributed by atoms with Crippen molar-refractivity contribution in [1.29, 1.82) is 0 Å². The number of halogens is 2. The van der Waals surface area contributed by atoms with E-state index in [9.17, 15) is 4.79 Å². The van der Waals surface area contributed by atoms with Crippen LogP contribution >= 0.6 is 34.5 Å².